The molecule has 1 aliphatic heterocycles. The predicted octanol–water partition coefficient (Wildman–Crippen LogP) is 3.62. The molecule has 1 aromatic rings. The van der Waals surface area contributed by atoms with Gasteiger partial charge in [0.1, 0.15) is 0 Å². The number of thiophene rings is 1. The molecular weight excluding hydrogens is 242 g/mol. The van der Waals surface area contributed by atoms with E-state index in [1.165, 1.54) is 31.2 Å². The third-order valence-corrected chi connectivity index (χ3v) is 4.30. The molecule has 0 saturated carbocycles. The average molecular weight is 267 g/mol. The second-order valence-electron chi connectivity index (χ2n) is 5.21. The normalized spacial score (nSPS) is 21.9. The minimum absolute atomic E-state index is 0.478. The summed E-state index contributed by atoms with van der Waals surface area (Å²) in [6.07, 6.45) is 7.81. The highest BCUT2D eigenvalue weighted by Gasteiger charge is 2.19. The number of hydrogen-bond acceptors (Lipinski definition) is 3. The van der Waals surface area contributed by atoms with Gasteiger partial charge in [0.2, 0.25) is 0 Å². The van der Waals surface area contributed by atoms with Crippen molar-refractivity contribution in [2.45, 2.75) is 57.6 Å². The van der Waals surface area contributed by atoms with Gasteiger partial charge in [-0.1, -0.05) is 6.92 Å². The number of hydrogen-bond donors (Lipinski definition) is 1. The molecule has 1 saturated heterocycles. The van der Waals surface area contributed by atoms with Crippen molar-refractivity contribution in [2.75, 3.05) is 13.2 Å². The fourth-order valence-corrected chi connectivity index (χ4v) is 3.27. The van der Waals surface area contributed by atoms with Crippen LogP contribution in [0.1, 0.15) is 44.6 Å². The second kappa shape index (κ2) is 7.93. The molecule has 0 amide bonds. The van der Waals surface area contributed by atoms with Crippen molar-refractivity contribution < 1.29 is 4.74 Å². The van der Waals surface area contributed by atoms with E-state index in [0.29, 0.717) is 12.1 Å². The molecule has 0 radical (unpaired) electrons. The van der Waals surface area contributed by atoms with E-state index in [1.54, 1.807) is 11.3 Å². The van der Waals surface area contributed by atoms with E-state index in [2.05, 4.69) is 29.1 Å². The van der Waals surface area contributed by atoms with Crippen molar-refractivity contribution >= 4 is 11.3 Å². The summed E-state index contributed by atoms with van der Waals surface area (Å²) in [5.41, 5.74) is 1.46. The number of ether oxygens (including phenoxy) is 1. The van der Waals surface area contributed by atoms with E-state index in [1.807, 2.05) is 0 Å². The summed E-state index contributed by atoms with van der Waals surface area (Å²) in [4.78, 5) is 0. The molecule has 3 heteroatoms. The molecular formula is C15H25NOS. The third-order valence-electron chi connectivity index (χ3n) is 3.57. The molecule has 2 atom stereocenters. The average Bonchev–Trinajstić information content (AvgIpc) is 2.90. The van der Waals surface area contributed by atoms with E-state index >= 15 is 0 Å². The minimum atomic E-state index is 0.478. The Kier molecular flexibility index (Phi) is 6.18. The highest BCUT2D eigenvalue weighted by atomic mass is 32.1. The van der Waals surface area contributed by atoms with E-state index in [4.69, 9.17) is 4.74 Å². The van der Waals surface area contributed by atoms with Gasteiger partial charge < -0.3 is 10.1 Å². The van der Waals surface area contributed by atoms with Crippen molar-refractivity contribution in [3.8, 4) is 0 Å². The first-order valence-corrected chi connectivity index (χ1v) is 8.19. The fourth-order valence-electron chi connectivity index (χ4n) is 2.59. The topological polar surface area (TPSA) is 21.3 Å². The molecule has 2 heterocycles. The zero-order valence-electron chi connectivity index (χ0n) is 11.4. The Morgan fingerprint density at radius 3 is 3.11 bits per heavy atom. The Bertz CT molecular complexity index is 306. The van der Waals surface area contributed by atoms with Gasteiger partial charge in [0.05, 0.1) is 6.10 Å². The zero-order valence-corrected chi connectivity index (χ0v) is 12.2. The van der Waals surface area contributed by atoms with Gasteiger partial charge in [-0.2, -0.15) is 11.3 Å². The molecule has 18 heavy (non-hydrogen) atoms. The number of nitrogens with one attached hydrogen (secondary N) is 1. The van der Waals surface area contributed by atoms with Crippen LogP contribution < -0.4 is 5.32 Å². The molecule has 102 valence electrons. The number of rotatable bonds is 7. The molecule has 0 spiro atoms. The lowest BCUT2D eigenvalue weighted by atomic mass is 9.98. The van der Waals surface area contributed by atoms with Crippen molar-refractivity contribution in [1.82, 2.24) is 5.32 Å². The van der Waals surface area contributed by atoms with E-state index in [-0.39, 0.29) is 0 Å². The predicted molar refractivity (Wildman–Crippen MR) is 78.3 cm³/mol. The molecule has 0 bridgehead atoms. The Balaban J connectivity index is 1.83. The van der Waals surface area contributed by atoms with Crippen LogP contribution in [-0.4, -0.2) is 25.3 Å². The quantitative estimate of drug-likeness (QED) is 0.814. The maximum absolute atomic E-state index is 5.87. The fraction of sp³-hybridized carbons (Fsp3) is 0.733. The molecule has 1 aromatic heterocycles. The van der Waals surface area contributed by atoms with E-state index < -0.39 is 0 Å². The minimum Gasteiger partial charge on any atom is -0.378 e. The molecule has 1 aliphatic rings. The Morgan fingerprint density at radius 2 is 2.44 bits per heavy atom. The SMILES string of the molecule is CCCNC(Cc1ccsc1)CC1CCCCO1. The van der Waals surface area contributed by atoms with Crippen LogP contribution in [0.25, 0.3) is 0 Å². The van der Waals surface area contributed by atoms with Crippen LogP contribution in [-0.2, 0) is 11.2 Å². The van der Waals surface area contributed by atoms with Gasteiger partial charge in [-0.05, 0) is 67.5 Å². The standard InChI is InChI=1S/C15H25NOS/c1-2-7-16-14(10-13-6-9-18-12-13)11-15-5-3-4-8-17-15/h6,9,12,14-16H,2-5,7-8,10-11H2,1H3. The van der Waals surface area contributed by atoms with Crippen molar-refractivity contribution in [1.29, 1.82) is 0 Å². The van der Waals surface area contributed by atoms with Crippen LogP contribution in [0.5, 0.6) is 0 Å². The molecule has 2 rings (SSSR count). The Hall–Kier alpha value is -0.380. The summed E-state index contributed by atoms with van der Waals surface area (Å²) in [6.45, 7) is 4.30. The maximum atomic E-state index is 5.87. The van der Waals surface area contributed by atoms with Crippen LogP contribution in [0.2, 0.25) is 0 Å². The second-order valence-corrected chi connectivity index (χ2v) is 5.99. The highest BCUT2D eigenvalue weighted by molar-refractivity contribution is 7.07. The zero-order chi connectivity index (χ0) is 12.6. The van der Waals surface area contributed by atoms with Crippen LogP contribution in [0, 0.1) is 0 Å². The summed E-state index contributed by atoms with van der Waals surface area (Å²) in [5, 5.41) is 8.12. The largest absolute Gasteiger partial charge is 0.378 e. The van der Waals surface area contributed by atoms with Gasteiger partial charge in [-0.3, -0.25) is 0 Å². The monoisotopic (exact) mass is 267 g/mol. The highest BCUT2D eigenvalue weighted by Crippen LogP contribution is 2.19. The summed E-state index contributed by atoms with van der Waals surface area (Å²) < 4.78 is 5.87. The smallest absolute Gasteiger partial charge is 0.0590 e. The first kappa shape index (κ1) is 14.0. The lowest BCUT2D eigenvalue weighted by molar-refractivity contribution is 0.00527. The van der Waals surface area contributed by atoms with Gasteiger partial charge in [-0.15, -0.1) is 0 Å². The molecule has 2 nitrogen and oxygen atoms in total. The van der Waals surface area contributed by atoms with Gasteiger partial charge in [0, 0.05) is 12.6 Å². The summed E-state index contributed by atoms with van der Waals surface area (Å²) in [6, 6.07) is 2.81. The van der Waals surface area contributed by atoms with Crippen molar-refractivity contribution in [3.05, 3.63) is 22.4 Å². The van der Waals surface area contributed by atoms with Gasteiger partial charge >= 0.3 is 0 Å². The first-order valence-electron chi connectivity index (χ1n) is 7.24. The van der Waals surface area contributed by atoms with E-state index in [9.17, 15) is 0 Å². The van der Waals surface area contributed by atoms with Crippen LogP contribution >= 0.6 is 11.3 Å². The maximum Gasteiger partial charge on any atom is 0.0590 e. The molecule has 0 aromatic carbocycles. The molecule has 0 aliphatic carbocycles. The third kappa shape index (κ3) is 4.71. The van der Waals surface area contributed by atoms with Gasteiger partial charge in [0.15, 0.2) is 0 Å². The molecule has 1 fully saturated rings. The van der Waals surface area contributed by atoms with Gasteiger partial charge in [-0.25, -0.2) is 0 Å². The van der Waals surface area contributed by atoms with Crippen LogP contribution in [0.3, 0.4) is 0 Å². The van der Waals surface area contributed by atoms with Crippen molar-refractivity contribution in [2.24, 2.45) is 0 Å². The lowest BCUT2D eigenvalue weighted by Crippen LogP contribution is -2.36. The summed E-state index contributed by atoms with van der Waals surface area (Å²) >= 11 is 1.79. The summed E-state index contributed by atoms with van der Waals surface area (Å²) in [7, 11) is 0. The van der Waals surface area contributed by atoms with Crippen molar-refractivity contribution in [3.63, 3.8) is 0 Å². The summed E-state index contributed by atoms with van der Waals surface area (Å²) in [5.74, 6) is 0. The van der Waals surface area contributed by atoms with Crippen LogP contribution in [0.15, 0.2) is 16.8 Å². The molecule has 1 N–H and O–H groups in total. The lowest BCUT2D eigenvalue weighted by Gasteiger charge is -2.27. The first-order chi connectivity index (χ1) is 8.88. The van der Waals surface area contributed by atoms with E-state index in [0.717, 1.165) is 26.0 Å². The Labute approximate surface area is 115 Å². The Morgan fingerprint density at radius 1 is 1.50 bits per heavy atom. The van der Waals surface area contributed by atoms with Gasteiger partial charge in [0.25, 0.3) is 0 Å². The molecule has 2 unspecified atom stereocenters. The van der Waals surface area contributed by atoms with Crippen LogP contribution in [0.4, 0.5) is 0 Å².